The molecule has 1 aromatic carbocycles. The Morgan fingerprint density at radius 2 is 1.91 bits per heavy atom. The molecule has 0 spiro atoms. The molecule has 1 aliphatic heterocycles. The lowest BCUT2D eigenvalue weighted by molar-refractivity contribution is -0.115. The standard InChI is InChI=1S/C15H14N2O3S2/c1-22(19,20)12-7-5-11(6-8-12)15-17(14(18)10-21-15)13-4-2-3-9-16-13/h2-9,15H,10H2,1H3. The van der Waals surface area contributed by atoms with Gasteiger partial charge in [-0.15, -0.1) is 11.8 Å². The summed E-state index contributed by atoms with van der Waals surface area (Å²) < 4.78 is 23.0. The van der Waals surface area contributed by atoms with Crippen LogP contribution in [0.25, 0.3) is 0 Å². The minimum absolute atomic E-state index is 0.000824. The van der Waals surface area contributed by atoms with Crippen molar-refractivity contribution in [3.05, 3.63) is 54.2 Å². The minimum atomic E-state index is -3.22. The van der Waals surface area contributed by atoms with Gasteiger partial charge in [-0.3, -0.25) is 9.69 Å². The number of carbonyl (C=O) groups excluding carboxylic acids is 1. The molecule has 1 amide bonds. The number of thioether (sulfide) groups is 1. The second-order valence-corrected chi connectivity index (χ2v) is 8.04. The molecule has 5 nitrogen and oxygen atoms in total. The van der Waals surface area contributed by atoms with Crippen molar-refractivity contribution in [3.63, 3.8) is 0 Å². The van der Waals surface area contributed by atoms with Crippen LogP contribution in [-0.2, 0) is 14.6 Å². The molecule has 1 saturated heterocycles. The zero-order valence-corrected chi connectivity index (χ0v) is 13.5. The molecule has 2 heterocycles. The summed E-state index contributed by atoms with van der Waals surface area (Å²) >= 11 is 1.51. The number of sulfone groups is 1. The molecule has 0 bridgehead atoms. The van der Waals surface area contributed by atoms with Gasteiger partial charge in [-0.05, 0) is 29.8 Å². The highest BCUT2D eigenvalue weighted by molar-refractivity contribution is 8.00. The van der Waals surface area contributed by atoms with Gasteiger partial charge in [-0.1, -0.05) is 18.2 Å². The van der Waals surface area contributed by atoms with E-state index in [-0.39, 0.29) is 16.2 Å². The first-order chi connectivity index (χ1) is 10.5. The van der Waals surface area contributed by atoms with E-state index < -0.39 is 9.84 Å². The number of hydrogen-bond donors (Lipinski definition) is 0. The van der Waals surface area contributed by atoms with Crippen LogP contribution in [0.5, 0.6) is 0 Å². The van der Waals surface area contributed by atoms with E-state index in [2.05, 4.69) is 4.98 Å². The van der Waals surface area contributed by atoms with Gasteiger partial charge in [0.2, 0.25) is 5.91 Å². The topological polar surface area (TPSA) is 67.3 Å². The van der Waals surface area contributed by atoms with Gasteiger partial charge in [-0.2, -0.15) is 0 Å². The molecule has 0 N–H and O–H groups in total. The SMILES string of the molecule is CS(=O)(=O)c1ccc(C2SCC(=O)N2c2ccccn2)cc1. The molecule has 1 aliphatic rings. The Morgan fingerprint density at radius 1 is 1.18 bits per heavy atom. The third-order valence-electron chi connectivity index (χ3n) is 3.36. The first kappa shape index (κ1) is 15.1. The van der Waals surface area contributed by atoms with E-state index in [1.165, 1.54) is 18.0 Å². The molecule has 22 heavy (non-hydrogen) atoms. The Labute approximate surface area is 133 Å². The highest BCUT2D eigenvalue weighted by Crippen LogP contribution is 2.41. The molecule has 0 aliphatic carbocycles. The van der Waals surface area contributed by atoms with Crippen molar-refractivity contribution in [1.29, 1.82) is 0 Å². The number of carbonyl (C=O) groups is 1. The highest BCUT2D eigenvalue weighted by Gasteiger charge is 2.34. The van der Waals surface area contributed by atoms with Crippen LogP contribution in [0, 0.1) is 0 Å². The summed E-state index contributed by atoms with van der Waals surface area (Å²) in [5.74, 6) is 0.991. The maximum atomic E-state index is 12.2. The third kappa shape index (κ3) is 2.86. The van der Waals surface area contributed by atoms with Gasteiger partial charge in [0.25, 0.3) is 0 Å². The third-order valence-corrected chi connectivity index (χ3v) is 5.70. The number of anilines is 1. The van der Waals surface area contributed by atoms with Crippen molar-refractivity contribution in [2.45, 2.75) is 10.3 Å². The lowest BCUT2D eigenvalue weighted by Crippen LogP contribution is -2.28. The smallest absolute Gasteiger partial charge is 0.239 e. The summed E-state index contributed by atoms with van der Waals surface area (Å²) in [7, 11) is -3.22. The number of rotatable bonds is 3. The van der Waals surface area contributed by atoms with Crippen molar-refractivity contribution < 1.29 is 13.2 Å². The normalized spacial score (nSPS) is 18.7. The van der Waals surface area contributed by atoms with Crippen molar-refractivity contribution in [2.24, 2.45) is 0 Å². The molecule has 0 radical (unpaired) electrons. The fourth-order valence-electron chi connectivity index (χ4n) is 2.29. The van der Waals surface area contributed by atoms with Crippen LogP contribution in [0.3, 0.4) is 0 Å². The van der Waals surface area contributed by atoms with Gasteiger partial charge in [0.15, 0.2) is 9.84 Å². The monoisotopic (exact) mass is 334 g/mol. The second kappa shape index (κ2) is 5.73. The Bertz CT molecular complexity index is 789. The average Bonchev–Trinajstić information content (AvgIpc) is 2.89. The van der Waals surface area contributed by atoms with Gasteiger partial charge in [0, 0.05) is 12.5 Å². The predicted octanol–water partition coefficient (Wildman–Crippen LogP) is 2.26. The van der Waals surface area contributed by atoms with E-state index >= 15 is 0 Å². The Kier molecular flexibility index (Phi) is 3.92. The Balaban J connectivity index is 1.95. The number of nitrogens with zero attached hydrogens (tertiary/aromatic N) is 2. The zero-order chi connectivity index (χ0) is 15.7. The molecular formula is C15H14N2O3S2. The van der Waals surface area contributed by atoms with Crippen LogP contribution < -0.4 is 4.90 Å². The number of amides is 1. The quantitative estimate of drug-likeness (QED) is 0.861. The van der Waals surface area contributed by atoms with E-state index in [1.807, 2.05) is 6.07 Å². The minimum Gasteiger partial charge on any atom is -0.279 e. The maximum absolute atomic E-state index is 12.2. The highest BCUT2D eigenvalue weighted by atomic mass is 32.2. The second-order valence-electron chi connectivity index (χ2n) is 4.96. The lowest BCUT2D eigenvalue weighted by atomic mass is 10.2. The van der Waals surface area contributed by atoms with Gasteiger partial charge in [-0.25, -0.2) is 13.4 Å². The van der Waals surface area contributed by atoms with Crippen LogP contribution in [0.4, 0.5) is 5.82 Å². The molecule has 114 valence electrons. The van der Waals surface area contributed by atoms with Crippen molar-refractivity contribution >= 4 is 33.3 Å². The van der Waals surface area contributed by atoms with Crippen LogP contribution in [0.15, 0.2) is 53.6 Å². The lowest BCUT2D eigenvalue weighted by Gasteiger charge is -2.23. The van der Waals surface area contributed by atoms with Gasteiger partial charge in [0.05, 0.1) is 10.6 Å². The van der Waals surface area contributed by atoms with Gasteiger partial charge >= 0.3 is 0 Å². The first-order valence-corrected chi connectivity index (χ1v) is 9.55. The van der Waals surface area contributed by atoms with Crippen molar-refractivity contribution in [1.82, 2.24) is 4.98 Å². The number of pyridine rings is 1. The number of benzene rings is 1. The van der Waals surface area contributed by atoms with Crippen LogP contribution in [0.1, 0.15) is 10.9 Å². The fourth-order valence-corrected chi connectivity index (χ4v) is 4.09. The molecule has 1 aromatic heterocycles. The molecule has 1 fully saturated rings. The zero-order valence-electron chi connectivity index (χ0n) is 11.8. The molecule has 2 aromatic rings. The van der Waals surface area contributed by atoms with E-state index in [0.29, 0.717) is 11.6 Å². The van der Waals surface area contributed by atoms with E-state index in [9.17, 15) is 13.2 Å². The Morgan fingerprint density at radius 3 is 2.50 bits per heavy atom. The largest absolute Gasteiger partial charge is 0.279 e. The summed E-state index contributed by atoms with van der Waals surface area (Å²) in [6.07, 6.45) is 2.82. The number of hydrogen-bond acceptors (Lipinski definition) is 5. The summed E-state index contributed by atoms with van der Waals surface area (Å²) in [6.45, 7) is 0. The van der Waals surface area contributed by atoms with Crippen LogP contribution >= 0.6 is 11.8 Å². The fraction of sp³-hybridized carbons (Fsp3) is 0.200. The first-order valence-electron chi connectivity index (χ1n) is 6.61. The Hall–Kier alpha value is -1.86. The van der Waals surface area contributed by atoms with Crippen LogP contribution in [-0.4, -0.2) is 31.3 Å². The summed E-state index contributed by atoms with van der Waals surface area (Å²) in [5.41, 5.74) is 0.883. The maximum Gasteiger partial charge on any atom is 0.239 e. The van der Waals surface area contributed by atoms with E-state index in [1.54, 1.807) is 47.5 Å². The molecule has 1 unspecified atom stereocenters. The average molecular weight is 334 g/mol. The molecule has 7 heteroatoms. The molecular weight excluding hydrogens is 320 g/mol. The summed E-state index contributed by atoms with van der Waals surface area (Å²) in [6, 6.07) is 12.1. The van der Waals surface area contributed by atoms with Gasteiger partial charge < -0.3 is 0 Å². The van der Waals surface area contributed by atoms with Crippen molar-refractivity contribution in [2.75, 3.05) is 16.9 Å². The van der Waals surface area contributed by atoms with E-state index in [4.69, 9.17) is 0 Å². The number of aromatic nitrogens is 1. The molecule has 3 rings (SSSR count). The van der Waals surface area contributed by atoms with Crippen molar-refractivity contribution in [3.8, 4) is 0 Å². The summed E-state index contributed by atoms with van der Waals surface area (Å²) in [5, 5.41) is -0.184. The van der Waals surface area contributed by atoms with Crippen LogP contribution in [0.2, 0.25) is 0 Å². The molecule has 0 saturated carbocycles. The molecule has 1 atom stereocenters. The predicted molar refractivity (Wildman–Crippen MR) is 86.5 cm³/mol. The summed E-state index contributed by atoms with van der Waals surface area (Å²) in [4.78, 5) is 18.3. The van der Waals surface area contributed by atoms with E-state index in [0.717, 1.165) is 5.56 Å². The van der Waals surface area contributed by atoms with Gasteiger partial charge in [0.1, 0.15) is 11.2 Å².